The third kappa shape index (κ3) is 3.24. The molecule has 0 saturated carbocycles. The normalized spacial score (nSPS) is 11.4. The summed E-state index contributed by atoms with van der Waals surface area (Å²) in [6.45, 7) is 0. The van der Waals surface area contributed by atoms with Crippen LogP contribution in [0.4, 0.5) is 11.5 Å². The fraction of sp³-hybridized carbons (Fsp3) is 0.125. The zero-order valence-electron chi connectivity index (χ0n) is 12.6. The zero-order chi connectivity index (χ0) is 16.4. The van der Waals surface area contributed by atoms with E-state index < -0.39 is 9.84 Å². The van der Waals surface area contributed by atoms with Crippen molar-refractivity contribution in [2.45, 2.75) is 4.90 Å². The fourth-order valence-corrected chi connectivity index (χ4v) is 2.82. The van der Waals surface area contributed by atoms with E-state index in [0.29, 0.717) is 16.7 Å². The Morgan fingerprint density at radius 1 is 1.04 bits per heavy atom. The van der Waals surface area contributed by atoms with E-state index in [-0.39, 0.29) is 4.90 Å². The summed E-state index contributed by atoms with van der Waals surface area (Å²) in [4.78, 5) is 8.62. The molecule has 0 amide bonds. The Labute approximate surface area is 134 Å². The van der Waals surface area contributed by atoms with Crippen LogP contribution in [0.1, 0.15) is 0 Å². The summed E-state index contributed by atoms with van der Waals surface area (Å²) >= 11 is 0. The smallest absolute Gasteiger partial charge is 0.175 e. The number of aromatic nitrogens is 2. The number of hydrogen-bond donors (Lipinski definition) is 1. The highest BCUT2D eigenvalue weighted by Gasteiger charge is 2.11. The van der Waals surface area contributed by atoms with Gasteiger partial charge in [-0.2, -0.15) is 0 Å². The summed E-state index contributed by atoms with van der Waals surface area (Å²) in [6.07, 6.45) is 2.61. The monoisotopic (exact) mass is 329 g/mol. The molecule has 3 aromatic rings. The Bertz CT molecular complexity index is 954. The fourth-order valence-electron chi connectivity index (χ4n) is 2.18. The second-order valence-corrected chi connectivity index (χ2v) is 7.04. The first kappa shape index (κ1) is 15.2. The Morgan fingerprint density at radius 2 is 1.78 bits per heavy atom. The van der Waals surface area contributed by atoms with Crippen molar-refractivity contribution >= 4 is 32.2 Å². The minimum atomic E-state index is -3.29. The molecule has 0 bridgehead atoms. The summed E-state index contributed by atoms with van der Waals surface area (Å²) < 4.78 is 28.6. The largest absolute Gasteiger partial charge is 0.497 e. The van der Waals surface area contributed by atoms with Gasteiger partial charge in [-0.15, -0.1) is 0 Å². The maximum absolute atomic E-state index is 11.7. The van der Waals surface area contributed by atoms with Gasteiger partial charge in [0.2, 0.25) is 0 Å². The maximum atomic E-state index is 11.7. The number of benzene rings is 2. The van der Waals surface area contributed by atoms with E-state index in [9.17, 15) is 8.42 Å². The molecule has 0 aliphatic rings. The predicted octanol–water partition coefficient (Wildman–Crippen LogP) is 2.79. The summed E-state index contributed by atoms with van der Waals surface area (Å²) in [5.41, 5.74) is 1.49. The number of rotatable bonds is 4. The van der Waals surface area contributed by atoms with Crippen molar-refractivity contribution in [3.63, 3.8) is 0 Å². The van der Waals surface area contributed by atoms with Gasteiger partial charge in [-0.25, -0.2) is 18.4 Å². The Morgan fingerprint density at radius 3 is 2.43 bits per heavy atom. The molecule has 0 saturated heterocycles. The zero-order valence-corrected chi connectivity index (χ0v) is 13.5. The number of sulfone groups is 1. The molecule has 6 nitrogen and oxygen atoms in total. The van der Waals surface area contributed by atoms with E-state index in [0.717, 1.165) is 11.4 Å². The number of anilines is 2. The topological polar surface area (TPSA) is 81.2 Å². The molecule has 23 heavy (non-hydrogen) atoms. The van der Waals surface area contributed by atoms with Gasteiger partial charge in [0.25, 0.3) is 0 Å². The first-order valence-corrected chi connectivity index (χ1v) is 8.72. The van der Waals surface area contributed by atoms with Crippen LogP contribution in [-0.4, -0.2) is 31.8 Å². The molecule has 0 aliphatic heterocycles. The Kier molecular flexibility index (Phi) is 3.87. The molecule has 0 radical (unpaired) electrons. The van der Waals surface area contributed by atoms with Gasteiger partial charge in [-0.1, -0.05) is 0 Å². The number of nitrogens with one attached hydrogen (secondary N) is 1. The third-order valence-corrected chi connectivity index (χ3v) is 4.50. The van der Waals surface area contributed by atoms with Gasteiger partial charge in [0.15, 0.2) is 9.84 Å². The number of methoxy groups -OCH3 is 1. The van der Waals surface area contributed by atoms with Crippen LogP contribution in [0.5, 0.6) is 5.75 Å². The molecule has 1 aromatic heterocycles. The average molecular weight is 329 g/mol. The molecule has 7 heteroatoms. The lowest BCUT2D eigenvalue weighted by atomic mass is 10.2. The summed E-state index contributed by atoms with van der Waals surface area (Å²) in [7, 11) is -1.69. The molecule has 0 unspecified atom stereocenters. The second kappa shape index (κ2) is 5.85. The van der Waals surface area contributed by atoms with Crippen molar-refractivity contribution in [1.29, 1.82) is 0 Å². The lowest BCUT2D eigenvalue weighted by molar-refractivity contribution is 0.415. The molecule has 1 heterocycles. The minimum absolute atomic E-state index is 0.234. The van der Waals surface area contributed by atoms with E-state index in [1.54, 1.807) is 25.3 Å². The predicted molar refractivity (Wildman–Crippen MR) is 88.9 cm³/mol. The SMILES string of the molecule is COc1ccc(Nc2ncnc3ccc(S(C)(=O)=O)cc23)cc1. The van der Waals surface area contributed by atoms with Crippen LogP contribution in [0, 0.1) is 0 Å². The van der Waals surface area contributed by atoms with Gasteiger partial charge < -0.3 is 10.1 Å². The Hall–Kier alpha value is -2.67. The van der Waals surface area contributed by atoms with Crippen molar-refractivity contribution in [2.75, 3.05) is 18.7 Å². The van der Waals surface area contributed by atoms with E-state index in [4.69, 9.17) is 4.74 Å². The average Bonchev–Trinajstić information content (AvgIpc) is 2.54. The van der Waals surface area contributed by atoms with Gasteiger partial charge in [0.05, 0.1) is 17.5 Å². The van der Waals surface area contributed by atoms with Crippen molar-refractivity contribution in [2.24, 2.45) is 0 Å². The highest BCUT2D eigenvalue weighted by molar-refractivity contribution is 7.90. The number of fused-ring (bicyclic) bond motifs is 1. The van der Waals surface area contributed by atoms with Crippen molar-refractivity contribution in [1.82, 2.24) is 9.97 Å². The quantitative estimate of drug-likeness (QED) is 0.792. The van der Waals surface area contributed by atoms with Gasteiger partial charge in [-0.3, -0.25) is 0 Å². The summed E-state index contributed by atoms with van der Waals surface area (Å²) in [5, 5.41) is 3.82. The third-order valence-electron chi connectivity index (χ3n) is 3.39. The van der Waals surface area contributed by atoms with E-state index in [1.807, 2.05) is 24.3 Å². The lowest BCUT2D eigenvalue weighted by Gasteiger charge is -2.10. The van der Waals surface area contributed by atoms with Crippen LogP contribution in [0.3, 0.4) is 0 Å². The van der Waals surface area contributed by atoms with Crippen LogP contribution >= 0.6 is 0 Å². The van der Waals surface area contributed by atoms with E-state index in [2.05, 4.69) is 15.3 Å². The molecular formula is C16H15N3O3S. The van der Waals surface area contributed by atoms with Crippen LogP contribution < -0.4 is 10.1 Å². The molecule has 118 valence electrons. The van der Waals surface area contributed by atoms with E-state index in [1.165, 1.54) is 12.6 Å². The highest BCUT2D eigenvalue weighted by Crippen LogP contribution is 2.26. The standard InChI is InChI=1S/C16H15N3O3S/c1-22-12-5-3-11(4-6-12)19-16-14-9-13(23(2,20)21)7-8-15(14)17-10-18-16/h3-10H,1-2H3,(H,17,18,19). The van der Waals surface area contributed by atoms with Crippen molar-refractivity contribution in [3.8, 4) is 5.75 Å². The van der Waals surface area contributed by atoms with Gasteiger partial charge in [0.1, 0.15) is 17.9 Å². The second-order valence-electron chi connectivity index (χ2n) is 5.03. The molecule has 3 rings (SSSR count). The molecule has 2 aromatic carbocycles. The molecule has 0 spiro atoms. The van der Waals surface area contributed by atoms with Crippen LogP contribution in [0.25, 0.3) is 10.9 Å². The molecule has 1 N–H and O–H groups in total. The first-order chi connectivity index (χ1) is 11.0. The highest BCUT2D eigenvalue weighted by atomic mass is 32.2. The van der Waals surface area contributed by atoms with Crippen LogP contribution in [-0.2, 0) is 9.84 Å². The molecule has 0 atom stereocenters. The van der Waals surface area contributed by atoms with Gasteiger partial charge >= 0.3 is 0 Å². The van der Waals surface area contributed by atoms with Gasteiger partial charge in [-0.05, 0) is 42.5 Å². The van der Waals surface area contributed by atoms with E-state index >= 15 is 0 Å². The number of hydrogen-bond acceptors (Lipinski definition) is 6. The summed E-state index contributed by atoms with van der Waals surface area (Å²) in [6, 6.07) is 12.2. The minimum Gasteiger partial charge on any atom is -0.497 e. The van der Waals surface area contributed by atoms with Gasteiger partial charge in [0, 0.05) is 17.3 Å². The molecule has 0 aliphatic carbocycles. The maximum Gasteiger partial charge on any atom is 0.175 e. The van der Waals surface area contributed by atoms with Crippen LogP contribution in [0.2, 0.25) is 0 Å². The van der Waals surface area contributed by atoms with Crippen molar-refractivity contribution in [3.05, 3.63) is 48.8 Å². The lowest BCUT2D eigenvalue weighted by Crippen LogP contribution is -2.00. The number of ether oxygens (including phenoxy) is 1. The Balaban J connectivity index is 2.05. The van der Waals surface area contributed by atoms with Crippen LogP contribution in [0.15, 0.2) is 53.7 Å². The molecule has 0 fully saturated rings. The summed E-state index contributed by atoms with van der Waals surface area (Å²) in [5.74, 6) is 1.30. The first-order valence-electron chi connectivity index (χ1n) is 6.83. The number of nitrogens with zero attached hydrogens (tertiary/aromatic N) is 2. The molecular weight excluding hydrogens is 314 g/mol. The van der Waals surface area contributed by atoms with Crippen molar-refractivity contribution < 1.29 is 13.2 Å².